The van der Waals surface area contributed by atoms with E-state index in [9.17, 15) is 0 Å². The van der Waals surface area contributed by atoms with Gasteiger partial charge in [-0.3, -0.25) is 0 Å². The number of hydrogen-bond acceptors (Lipinski definition) is 2. The van der Waals surface area contributed by atoms with Crippen molar-refractivity contribution in [2.75, 3.05) is 25.5 Å². The zero-order valence-electron chi connectivity index (χ0n) is 10.3. The number of benzene rings is 1. The third kappa shape index (κ3) is 2.54. The summed E-state index contributed by atoms with van der Waals surface area (Å²) >= 11 is 0. The lowest BCUT2D eigenvalue weighted by Gasteiger charge is -2.32. The Balaban J connectivity index is 0.000000722. The van der Waals surface area contributed by atoms with Gasteiger partial charge in [0.05, 0.1) is 0 Å². The minimum Gasteiger partial charge on any atom is -0.381 e. The Morgan fingerprint density at radius 1 is 1.29 bits per heavy atom. The highest BCUT2D eigenvalue weighted by Gasteiger charge is 2.35. The Morgan fingerprint density at radius 2 is 2.06 bits per heavy atom. The van der Waals surface area contributed by atoms with Gasteiger partial charge in [0.15, 0.2) is 0 Å². The number of nitrogens with one attached hydrogen (secondary N) is 1. The maximum atomic E-state index is 3.66. The maximum absolute atomic E-state index is 3.66. The first kappa shape index (κ1) is 14.6. The molecule has 0 radical (unpaired) electrons. The molecule has 0 bridgehead atoms. The number of fused-ring (bicyclic) bond motifs is 3. The van der Waals surface area contributed by atoms with Crippen LogP contribution in [0.5, 0.6) is 0 Å². The van der Waals surface area contributed by atoms with Gasteiger partial charge in [-0.1, -0.05) is 17.7 Å². The van der Waals surface area contributed by atoms with Gasteiger partial charge < -0.3 is 10.2 Å². The molecule has 2 nitrogen and oxygen atoms in total. The molecule has 1 aromatic carbocycles. The SMILES string of the molecule is Cc1ccc2c(c1)[C@H]1CN(C)CC[C@H]1N2.Cl.Cl. The number of aryl methyl sites for hydroxylation is 1. The van der Waals surface area contributed by atoms with E-state index >= 15 is 0 Å². The summed E-state index contributed by atoms with van der Waals surface area (Å²) in [6, 6.07) is 7.47. The van der Waals surface area contributed by atoms with Crippen molar-refractivity contribution in [2.45, 2.75) is 25.3 Å². The van der Waals surface area contributed by atoms with Crippen LogP contribution in [0.15, 0.2) is 18.2 Å². The fourth-order valence-corrected chi connectivity index (χ4v) is 2.92. The van der Waals surface area contributed by atoms with Crippen LogP contribution in [0.1, 0.15) is 23.5 Å². The highest BCUT2D eigenvalue weighted by Crippen LogP contribution is 2.40. The van der Waals surface area contributed by atoms with Crippen molar-refractivity contribution in [3.05, 3.63) is 29.3 Å². The van der Waals surface area contributed by atoms with Crippen LogP contribution < -0.4 is 5.32 Å². The molecule has 2 atom stereocenters. The predicted molar refractivity (Wildman–Crippen MR) is 77.9 cm³/mol. The van der Waals surface area contributed by atoms with Crippen molar-refractivity contribution in [3.63, 3.8) is 0 Å². The molecular formula is C13H20Cl2N2. The van der Waals surface area contributed by atoms with E-state index in [-0.39, 0.29) is 24.8 Å². The first-order chi connectivity index (χ1) is 7.24. The van der Waals surface area contributed by atoms with E-state index in [2.05, 4.69) is 42.4 Å². The molecule has 0 amide bonds. The molecule has 0 saturated carbocycles. The molecule has 1 fully saturated rings. The van der Waals surface area contributed by atoms with Gasteiger partial charge in [-0.2, -0.15) is 0 Å². The Kier molecular flexibility index (Phi) is 4.70. The third-order valence-electron chi connectivity index (χ3n) is 3.76. The van der Waals surface area contributed by atoms with Crippen LogP contribution in [0.25, 0.3) is 0 Å². The largest absolute Gasteiger partial charge is 0.381 e. The molecule has 1 saturated heterocycles. The molecule has 2 aliphatic heterocycles. The van der Waals surface area contributed by atoms with Gasteiger partial charge in [-0.25, -0.2) is 0 Å². The quantitative estimate of drug-likeness (QED) is 0.783. The van der Waals surface area contributed by atoms with Crippen LogP contribution in [0.2, 0.25) is 0 Å². The van der Waals surface area contributed by atoms with Crippen molar-refractivity contribution in [1.29, 1.82) is 0 Å². The van der Waals surface area contributed by atoms with Gasteiger partial charge in [0.2, 0.25) is 0 Å². The van der Waals surface area contributed by atoms with Gasteiger partial charge >= 0.3 is 0 Å². The number of anilines is 1. The molecule has 3 rings (SSSR count). The number of piperidine rings is 1. The summed E-state index contributed by atoms with van der Waals surface area (Å²) in [7, 11) is 2.23. The topological polar surface area (TPSA) is 15.3 Å². The van der Waals surface area contributed by atoms with Gasteiger partial charge in [-0.05, 0) is 38.6 Å². The number of likely N-dealkylation sites (tertiary alicyclic amines) is 1. The van der Waals surface area contributed by atoms with Gasteiger partial charge in [0.25, 0.3) is 0 Å². The molecule has 0 aromatic heterocycles. The molecule has 2 aliphatic rings. The second kappa shape index (κ2) is 5.47. The zero-order chi connectivity index (χ0) is 10.4. The Bertz CT molecular complexity index is 395. The lowest BCUT2D eigenvalue weighted by atomic mass is 9.89. The average Bonchev–Trinajstić information content (AvgIpc) is 2.56. The number of hydrogen-bond donors (Lipinski definition) is 1. The highest BCUT2D eigenvalue weighted by atomic mass is 35.5. The number of rotatable bonds is 0. The van der Waals surface area contributed by atoms with Gasteiger partial charge in [0, 0.05) is 24.2 Å². The zero-order valence-corrected chi connectivity index (χ0v) is 11.9. The fourth-order valence-electron chi connectivity index (χ4n) is 2.92. The van der Waals surface area contributed by atoms with Crippen LogP contribution in [-0.2, 0) is 0 Å². The third-order valence-corrected chi connectivity index (χ3v) is 3.76. The Hall–Kier alpha value is -0.440. The molecule has 4 heteroatoms. The monoisotopic (exact) mass is 274 g/mol. The first-order valence-electron chi connectivity index (χ1n) is 5.79. The molecular weight excluding hydrogens is 255 g/mol. The summed E-state index contributed by atoms with van der Waals surface area (Å²) in [5.74, 6) is 0.707. The first-order valence-corrected chi connectivity index (χ1v) is 5.79. The predicted octanol–water partition coefficient (Wildman–Crippen LogP) is 3.05. The van der Waals surface area contributed by atoms with Gasteiger partial charge in [-0.15, -0.1) is 24.8 Å². The van der Waals surface area contributed by atoms with Crippen LogP contribution in [0.4, 0.5) is 5.69 Å². The van der Waals surface area contributed by atoms with Crippen molar-refractivity contribution in [3.8, 4) is 0 Å². The van der Waals surface area contributed by atoms with Gasteiger partial charge in [0.1, 0.15) is 0 Å². The molecule has 17 heavy (non-hydrogen) atoms. The van der Waals surface area contributed by atoms with E-state index in [0.29, 0.717) is 12.0 Å². The smallest absolute Gasteiger partial charge is 0.0379 e. The molecule has 96 valence electrons. The fraction of sp³-hybridized carbons (Fsp3) is 0.538. The van der Waals surface area contributed by atoms with E-state index in [1.165, 1.54) is 36.3 Å². The summed E-state index contributed by atoms with van der Waals surface area (Å²) in [4.78, 5) is 2.44. The lowest BCUT2D eigenvalue weighted by molar-refractivity contribution is 0.243. The van der Waals surface area contributed by atoms with Crippen molar-refractivity contribution >= 4 is 30.5 Å². The van der Waals surface area contributed by atoms with E-state index in [1.54, 1.807) is 0 Å². The minimum atomic E-state index is 0. The number of halogens is 2. The second-order valence-corrected chi connectivity index (χ2v) is 5.00. The highest BCUT2D eigenvalue weighted by molar-refractivity contribution is 5.85. The number of likely N-dealkylation sites (N-methyl/N-ethyl adjacent to an activating group) is 1. The van der Waals surface area contributed by atoms with Crippen molar-refractivity contribution in [2.24, 2.45) is 0 Å². The van der Waals surface area contributed by atoms with Crippen LogP contribution >= 0.6 is 24.8 Å². The molecule has 2 heterocycles. The van der Waals surface area contributed by atoms with E-state index < -0.39 is 0 Å². The standard InChI is InChI=1S/C13H18N2.2ClH/c1-9-3-4-12-10(7-9)11-8-15(2)6-5-13(11)14-12;;/h3-4,7,11,13-14H,5-6,8H2,1-2H3;2*1H/t11-,13-;;/m1../s1. The lowest BCUT2D eigenvalue weighted by Crippen LogP contribution is -2.39. The molecule has 1 N–H and O–H groups in total. The summed E-state index contributed by atoms with van der Waals surface area (Å²) in [6.45, 7) is 4.61. The van der Waals surface area contributed by atoms with E-state index in [4.69, 9.17) is 0 Å². The normalized spacial score (nSPS) is 26.0. The summed E-state index contributed by atoms with van der Waals surface area (Å²) in [5, 5.41) is 3.66. The van der Waals surface area contributed by atoms with Crippen LogP contribution in [0.3, 0.4) is 0 Å². The summed E-state index contributed by atoms with van der Waals surface area (Å²) < 4.78 is 0. The summed E-state index contributed by atoms with van der Waals surface area (Å²) in [5.41, 5.74) is 4.28. The second-order valence-electron chi connectivity index (χ2n) is 5.00. The molecule has 0 unspecified atom stereocenters. The molecule has 0 spiro atoms. The molecule has 1 aromatic rings. The van der Waals surface area contributed by atoms with E-state index in [0.717, 1.165) is 0 Å². The Morgan fingerprint density at radius 3 is 2.82 bits per heavy atom. The summed E-state index contributed by atoms with van der Waals surface area (Å²) in [6.07, 6.45) is 1.27. The number of nitrogens with zero attached hydrogens (tertiary/aromatic N) is 1. The molecule has 0 aliphatic carbocycles. The van der Waals surface area contributed by atoms with Crippen LogP contribution in [0, 0.1) is 6.92 Å². The Labute approximate surface area is 116 Å². The van der Waals surface area contributed by atoms with Crippen LogP contribution in [-0.4, -0.2) is 31.1 Å². The van der Waals surface area contributed by atoms with Crippen molar-refractivity contribution in [1.82, 2.24) is 4.90 Å². The van der Waals surface area contributed by atoms with E-state index in [1.807, 2.05) is 0 Å². The minimum absolute atomic E-state index is 0. The van der Waals surface area contributed by atoms with Crippen molar-refractivity contribution < 1.29 is 0 Å². The average molecular weight is 275 g/mol. The maximum Gasteiger partial charge on any atom is 0.0379 e.